The highest BCUT2D eigenvalue weighted by atomic mass is 16.5. The summed E-state index contributed by atoms with van der Waals surface area (Å²) >= 11 is 0. The molecule has 26 heavy (non-hydrogen) atoms. The van der Waals surface area contributed by atoms with Crippen LogP contribution in [0.4, 0.5) is 0 Å². The zero-order valence-corrected chi connectivity index (χ0v) is 15.6. The Morgan fingerprint density at radius 3 is 2.62 bits per heavy atom. The van der Waals surface area contributed by atoms with E-state index in [4.69, 9.17) is 4.74 Å². The van der Waals surface area contributed by atoms with Gasteiger partial charge in [-0.2, -0.15) is 0 Å². The molecule has 7 atom stereocenters. The van der Waals surface area contributed by atoms with Crippen molar-refractivity contribution in [1.29, 1.82) is 0 Å². The Morgan fingerprint density at radius 2 is 1.88 bits per heavy atom. The Hall–Kier alpha value is -1.26. The van der Waals surface area contributed by atoms with Crippen molar-refractivity contribution in [2.24, 2.45) is 34.0 Å². The van der Waals surface area contributed by atoms with Gasteiger partial charge in [-0.15, -0.1) is 0 Å². The average molecular weight is 356 g/mol. The summed E-state index contributed by atoms with van der Waals surface area (Å²) < 4.78 is 6.22. The molecule has 0 radical (unpaired) electrons. The minimum Gasteiger partial charge on any atom is -0.394 e. The molecule has 1 N–H and O–H groups in total. The molecule has 1 spiro atoms. The molecular weight excluding hydrogens is 328 g/mol. The van der Waals surface area contributed by atoms with Gasteiger partial charge in [0.1, 0.15) is 0 Å². The van der Waals surface area contributed by atoms with Crippen LogP contribution in [0.15, 0.2) is 24.3 Å². The summed E-state index contributed by atoms with van der Waals surface area (Å²) in [7, 11) is 0. The van der Waals surface area contributed by atoms with E-state index in [0.29, 0.717) is 24.2 Å². The Labute approximate surface area is 154 Å². The minimum absolute atomic E-state index is 0.0122. The fourth-order valence-electron chi connectivity index (χ4n) is 7.96. The van der Waals surface area contributed by atoms with Gasteiger partial charge in [-0.05, 0) is 60.5 Å². The van der Waals surface area contributed by atoms with Crippen molar-refractivity contribution in [1.82, 2.24) is 0 Å². The number of Topliss-reactive ketones (excluding diaryl/α,β-unsaturated/α-hetero) is 2. The summed E-state index contributed by atoms with van der Waals surface area (Å²) in [4.78, 5) is 27.0. The highest BCUT2D eigenvalue weighted by Gasteiger charge is 2.75. The molecule has 1 saturated heterocycles. The quantitative estimate of drug-likeness (QED) is 0.580. The number of fused-ring (bicyclic) bond motifs is 2. The summed E-state index contributed by atoms with van der Waals surface area (Å²) in [5, 5.41) is 10.2. The predicted molar refractivity (Wildman–Crippen MR) is 96.3 cm³/mol. The Morgan fingerprint density at radius 1 is 1.15 bits per heavy atom. The second-order valence-corrected chi connectivity index (χ2v) is 9.74. The SMILES string of the molecule is C=C1C(=O)[C@@]23CC[C@@H](CC2[C@@]24CCC[C@@](C)(CO[C@H]2CO)C14)C(=C)C3=O. The molecule has 1 aliphatic heterocycles. The van der Waals surface area contributed by atoms with Crippen molar-refractivity contribution in [3.05, 3.63) is 24.3 Å². The number of rotatable bonds is 1. The van der Waals surface area contributed by atoms with E-state index in [1.165, 1.54) is 0 Å². The zero-order chi connectivity index (χ0) is 18.5. The smallest absolute Gasteiger partial charge is 0.172 e. The van der Waals surface area contributed by atoms with Gasteiger partial charge in [-0.3, -0.25) is 9.59 Å². The van der Waals surface area contributed by atoms with Crippen LogP contribution in [0.25, 0.3) is 0 Å². The predicted octanol–water partition coefficient (Wildman–Crippen LogP) is 2.85. The second kappa shape index (κ2) is 4.96. The molecule has 2 unspecified atom stereocenters. The van der Waals surface area contributed by atoms with Crippen LogP contribution < -0.4 is 0 Å². The first-order valence-corrected chi connectivity index (χ1v) is 10.0. The van der Waals surface area contributed by atoms with E-state index in [1.807, 2.05) is 0 Å². The molecule has 0 amide bonds. The number of aliphatic hydroxyl groups excluding tert-OH is 1. The molecule has 0 aromatic heterocycles. The van der Waals surface area contributed by atoms with Crippen LogP contribution in [0.3, 0.4) is 0 Å². The molecule has 4 nitrogen and oxygen atoms in total. The fourth-order valence-corrected chi connectivity index (χ4v) is 7.96. The largest absolute Gasteiger partial charge is 0.394 e. The maximum atomic E-state index is 13.6. The van der Waals surface area contributed by atoms with E-state index in [0.717, 1.165) is 32.1 Å². The van der Waals surface area contributed by atoms with Gasteiger partial charge < -0.3 is 9.84 Å². The number of hydrogen-bond acceptors (Lipinski definition) is 4. The first-order chi connectivity index (χ1) is 12.3. The summed E-state index contributed by atoms with van der Waals surface area (Å²) in [6, 6.07) is 0. The molecule has 0 aromatic carbocycles. The summed E-state index contributed by atoms with van der Waals surface area (Å²) in [6.07, 6.45) is 4.96. The number of aliphatic hydroxyl groups is 1. The molecule has 5 saturated carbocycles. The highest BCUT2D eigenvalue weighted by Crippen LogP contribution is 2.73. The van der Waals surface area contributed by atoms with Crippen molar-refractivity contribution in [3.63, 3.8) is 0 Å². The van der Waals surface area contributed by atoms with Gasteiger partial charge in [-0.1, -0.05) is 26.5 Å². The van der Waals surface area contributed by atoms with Crippen molar-refractivity contribution >= 4 is 11.6 Å². The standard InChI is InChI=1S/C22H28O4/c1-12-14-5-8-22(18(12)24)15(9-14)21-7-4-6-20(3,11-26-16(21)10-23)17(21)13(2)19(22)25/h14-17,23H,1-2,4-11H2,3H3/t14-,15?,16-,17?,20-,21-,22-/m0/s1. The van der Waals surface area contributed by atoms with E-state index < -0.39 is 5.41 Å². The van der Waals surface area contributed by atoms with Crippen molar-refractivity contribution in [2.45, 2.75) is 51.6 Å². The third kappa shape index (κ3) is 1.57. The maximum absolute atomic E-state index is 13.6. The van der Waals surface area contributed by atoms with Gasteiger partial charge >= 0.3 is 0 Å². The molecule has 5 aliphatic carbocycles. The average Bonchev–Trinajstić information content (AvgIpc) is 2.63. The molecule has 4 bridgehead atoms. The van der Waals surface area contributed by atoms with Gasteiger partial charge in [0.15, 0.2) is 11.6 Å². The summed E-state index contributed by atoms with van der Waals surface area (Å²) in [6.45, 7) is 11.0. The van der Waals surface area contributed by atoms with E-state index in [2.05, 4.69) is 20.1 Å². The van der Waals surface area contributed by atoms with Crippen LogP contribution in [0.1, 0.15) is 45.4 Å². The Kier molecular flexibility index (Phi) is 3.22. The van der Waals surface area contributed by atoms with Crippen LogP contribution in [0.5, 0.6) is 0 Å². The topological polar surface area (TPSA) is 63.6 Å². The number of allylic oxidation sites excluding steroid dienone is 2. The van der Waals surface area contributed by atoms with Crippen LogP contribution in [0, 0.1) is 34.0 Å². The number of carbonyl (C=O) groups is 2. The zero-order valence-electron chi connectivity index (χ0n) is 15.6. The van der Waals surface area contributed by atoms with Crippen LogP contribution >= 0.6 is 0 Å². The maximum Gasteiger partial charge on any atom is 0.172 e. The number of hydrogen-bond donors (Lipinski definition) is 1. The second-order valence-electron chi connectivity index (χ2n) is 9.74. The fraction of sp³-hybridized carbons (Fsp3) is 0.727. The molecule has 6 aliphatic rings. The Balaban J connectivity index is 1.77. The first-order valence-electron chi connectivity index (χ1n) is 10.0. The van der Waals surface area contributed by atoms with Crippen LogP contribution in [0.2, 0.25) is 0 Å². The van der Waals surface area contributed by atoms with E-state index in [9.17, 15) is 14.7 Å². The molecule has 140 valence electrons. The van der Waals surface area contributed by atoms with Gasteiger partial charge in [0.2, 0.25) is 0 Å². The molecule has 6 fully saturated rings. The lowest BCUT2D eigenvalue weighted by Gasteiger charge is -2.71. The van der Waals surface area contributed by atoms with E-state index in [-0.39, 0.29) is 52.9 Å². The van der Waals surface area contributed by atoms with Crippen LogP contribution in [-0.2, 0) is 14.3 Å². The number of ether oxygens (including phenoxy) is 1. The van der Waals surface area contributed by atoms with Gasteiger partial charge in [0.25, 0.3) is 0 Å². The monoisotopic (exact) mass is 356 g/mol. The van der Waals surface area contributed by atoms with Crippen molar-refractivity contribution in [3.8, 4) is 0 Å². The lowest BCUT2D eigenvalue weighted by atomic mass is 9.33. The van der Waals surface area contributed by atoms with Gasteiger partial charge in [0.05, 0.1) is 24.7 Å². The number of carbonyl (C=O) groups excluding carboxylic acids is 2. The lowest BCUT2D eigenvalue weighted by Crippen LogP contribution is -2.73. The third-order valence-corrected chi connectivity index (χ3v) is 8.86. The molecular formula is C22H28O4. The molecule has 6 rings (SSSR count). The normalized spacial score (nSPS) is 52.7. The number of ketones is 2. The van der Waals surface area contributed by atoms with Gasteiger partial charge in [0, 0.05) is 11.3 Å². The Bertz CT molecular complexity index is 753. The van der Waals surface area contributed by atoms with Crippen LogP contribution in [-0.4, -0.2) is 36.0 Å². The summed E-state index contributed by atoms with van der Waals surface area (Å²) in [5.41, 5.74) is -0.216. The molecule has 0 aromatic rings. The minimum atomic E-state index is -0.994. The molecule has 4 heteroatoms. The first kappa shape index (κ1) is 16.9. The summed E-state index contributed by atoms with van der Waals surface area (Å²) in [5.74, 6) is 0.0701. The molecule has 1 heterocycles. The van der Waals surface area contributed by atoms with Crippen molar-refractivity contribution < 1.29 is 19.4 Å². The van der Waals surface area contributed by atoms with E-state index in [1.54, 1.807) is 0 Å². The van der Waals surface area contributed by atoms with Crippen molar-refractivity contribution in [2.75, 3.05) is 13.2 Å². The van der Waals surface area contributed by atoms with Gasteiger partial charge in [-0.25, -0.2) is 0 Å². The van der Waals surface area contributed by atoms with E-state index >= 15 is 0 Å². The highest BCUT2D eigenvalue weighted by molar-refractivity contribution is 6.21. The lowest BCUT2D eigenvalue weighted by molar-refractivity contribution is -0.260. The third-order valence-electron chi connectivity index (χ3n) is 8.86.